The van der Waals surface area contributed by atoms with E-state index >= 15 is 0 Å². The lowest BCUT2D eigenvalue weighted by Crippen LogP contribution is -2.47. The van der Waals surface area contributed by atoms with Gasteiger partial charge in [0.2, 0.25) is 5.91 Å². The average Bonchev–Trinajstić information content (AvgIpc) is 3.07. The van der Waals surface area contributed by atoms with Crippen LogP contribution in [0.4, 0.5) is 0 Å². The average molecular weight is 666 g/mol. The van der Waals surface area contributed by atoms with Crippen molar-refractivity contribution < 1.29 is 14.3 Å². The van der Waals surface area contributed by atoms with Crippen LogP contribution in [0.3, 0.4) is 0 Å². The number of hydrogen-bond donors (Lipinski definition) is 1. The van der Waals surface area contributed by atoms with Crippen LogP contribution in [-0.4, -0.2) is 38.9 Å². The largest absolute Gasteiger partial charge is 0.382 e. The van der Waals surface area contributed by atoms with E-state index < -0.39 is 0 Å². The Kier molecular flexibility index (Phi) is 39.3. The monoisotopic (exact) mass is 666 g/mol. The standard InChI is InChI=1S/C43H87NO3/c1-5-7-9-11-13-15-17-19-21-22-23-24-25-27-29-31-33-35-37-39-43(45)44-41(40-46-3)42(47-4)38-36-34-32-30-28-26-20-18-16-14-12-10-8-6-2/h41-42H,5-40H2,1-4H3,(H,44,45)/t41-,42+/m0/s1. The normalized spacial score (nSPS) is 12.9. The van der Waals surface area contributed by atoms with Crippen LogP contribution in [0, 0.1) is 0 Å². The van der Waals surface area contributed by atoms with Crippen LogP contribution in [0.2, 0.25) is 0 Å². The first-order valence-electron chi connectivity index (χ1n) is 21.5. The fourth-order valence-electron chi connectivity index (χ4n) is 7.09. The van der Waals surface area contributed by atoms with Crippen LogP contribution < -0.4 is 5.32 Å². The molecule has 47 heavy (non-hydrogen) atoms. The van der Waals surface area contributed by atoms with Crippen molar-refractivity contribution in [2.24, 2.45) is 0 Å². The van der Waals surface area contributed by atoms with Crippen LogP contribution in [0.5, 0.6) is 0 Å². The minimum atomic E-state index is -0.0557. The van der Waals surface area contributed by atoms with Crippen LogP contribution >= 0.6 is 0 Å². The molecule has 0 aromatic heterocycles. The van der Waals surface area contributed by atoms with Gasteiger partial charge >= 0.3 is 0 Å². The maximum Gasteiger partial charge on any atom is 0.220 e. The molecule has 0 rings (SSSR count). The lowest BCUT2D eigenvalue weighted by molar-refractivity contribution is -0.123. The summed E-state index contributed by atoms with van der Waals surface area (Å²) in [4.78, 5) is 12.7. The highest BCUT2D eigenvalue weighted by Crippen LogP contribution is 2.17. The summed E-state index contributed by atoms with van der Waals surface area (Å²) < 4.78 is 11.3. The van der Waals surface area contributed by atoms with E-state index in [2.05, 4.69) is 19.2 Å². The number of carbonyl (C=O) groups is 1. The molecule has 0 saturated carbocycles. The molecule has 0 aromatic carbocycles. The zero-order chi connectivity index (χ0) is 34.3. The Morgan fingerprint density at radius 1 is 0.447 bits per heavy atom. The molecular formula is C43H87NO3. The minimum absolute atomic E-state index is 0.0290. The van der Waals surface area contributed by atoms with E-state index in [1.165, 1.54) is 193 Å². The van der Waals surface area contributed by atoms with Gasteiger partial charge in [0.25, 0.3) is 0 Å². The van der Waals surface area contributed by atoms with Gasteiger partial charge in [-0.25, -0.2) is 0 Å². The first-order chi connectivity index (χ1) is 23.2. The van der Waals surface area contributed by atoms with Gasteiger partial charge in [0.05, 0.1) is 18.8 Å². The SMILES string of the molecule is CCCCCCCCCCCCCCCCCCCCCC(=O)N[C@@H](COC)[C@@H](CCCCCCCCCCCCCCCC)OC. The van der Waals surface area contributed by atoms with Gasteiger partial charge in [0.1, 0.15) is 0 Å². The molecule has 0 heterocycles. The summed E-state index contributed by atoms with van der Waals surface area (Å²) in [6.07, 6.45) is 46.9. The third-order valence-corrected chi connectivity index (χ3v) is 10.3. The molecule has 282 valence electrons. The summed E-state index contributed by atoms with van der Waals surface area (Å²) in [6, 6.07) is -0.0557. The number of rotatable bonds is 40. The van der Waals surface area contributed by atoms with Crippen LogP contribution in [0.25, 0.3) is 0 Å². The second-order valence-corrected chi connectivity index (χ2v) is 14.9. The molecule has 0 bridgehead atoms. The quantitative estimate of drug-likeness (QED) is 0.0663. The second kappa shape index (κ2) is 39.8. The van der Waals surface area contributed by atoms with Crippen LogP contribution in [0.1, 0.15) is 239 Å². The molecule has 4 nitrogen and oxygen atoms in total. The van der Waals surface area contributed by atoms with Crippen molar-refractivity contribution in [3.8, 4) is 0 Å². The van der Waals surface area contributed by atoms with Gasteiger partial charge in [-0.15, -0.1) is 0 Å². The summed E-state index contributed by atoms with van der Waals surface area (Å²) in [6.45, 7) is 5.10. The molecule has 0 saturated heterocycles. The van der Waals surface area contributed by atoms with E-state index in [9.17, 15) is 4.79 Å². The molecule has 2 atom stereocenters. The lowest BCUT2D eigenvalue weighted by Gasteiger charge is -2.26. The summed E-state index contributed by atoms with van der Waals surface area (Å²) in [5, 5.41) is 3.24. The van der Waals surface area contributed by atoms with E-state index in [0.29, 0.717) is 13.0 Å². The predicted octanol–water partition coefficient (Wildman–Crippen LogP) is 13.8. The molecule has 0 spiro atoms. The molecule has 0 radical (unpaired) electrons. The van der Waals surface area contributed by atoms with Crippen molar-refractivity contribution in [1.82, 2.24) is 5.32 Å². The maximum absolute atomic E-state index is 12.7. The van der Waals surface area contributed by atoms with Crippen molar-refractivity contribution in [2.45, 2.75) is 251 Å². The number of methoxy groups -OCH3 is 2. The van der Waals surface area contributed by atoms with Gasteiger partial charge in [-0.3, -0.25) is 4.79 Å². The van der Waals surface area contributed by atoms with Crippen molar-refractivity contribution in [3.05, 3.63) is 0 Å². The molecule has 1 N–H and O–H groups in total. The van der Waals surface area contributed by atoms with Crippen LogP contribution in [0.15, 0.2) is 0 Å². The Labute approximate surface area is 296 Å². The van der Waals surface area contributed by atoms with Crippen molar-refractivity contribution in [2.75, 3.05) is 20.8 Å². The zero-order valence-corrected chi connectivity index (χ0v) is 32.8. The Hall–Kier alpha value is -0.610. The number of ether oxygens (including phenoxy) is 2. The highest BCUT2D eigenvalue weighted by Gasteiger charge is 2.22. The van der Waals surface area contributed by atoms with E-state index in [4.69, 9.17) is 9.47 Å². The summed E-state index contributed by atoms with van der Waals surface area (Å²) in [5.74, 6) is 0.155. The topological polar surface area (TPSA) is 47.6 Å². The molecule has 0 unspecified atom stereocenters. The van der Waals surface area contributed by atoms with Gasteiger partial charge in [-0.05, 0) is 12.8 Å². The molecule has 0 aliphatic carbocycles. The van der Waals surface area contributed by atoms with Crippen LogP contribution in [-0.2, 0) is 14.3 Å². The van der Waals surface area contributed by atoms with Crippen molar-refractivity contribution >= 4 is 5.91 Å². The Bertz CT molecular complexity index is 598. The molecule has 0 aromatic rings. The summed E-state index contributed by atoms with van der Waals surface area (Å²) >= 11 is 0. The summed E-state index contributed by atoms with van der Waals surface area (Å²) in [7, 11) is 3.50. The highest BCUT2D eigenvalue weighted by molar-refractivity contribution is 5.76. The number of amides is 1. The fourth-order valence-corrected chi connectivity index (χ4v) is 7.09. The van der Waals surface area contributed by atoms with E-state index in [1.54, 1.807) is 14.2 Å². The van der Waals surface area contributed by atoms with Gasteiger partial charge in [0, 0.05) is 20.6 Å². The number of carbonyl (C=O) groups excluding carboxylic acids is 1. The van der Waals surface area contributed by atoms with Crippen molar-refractivity contribution in [3.63, 3.8) is 0 Å². The molecule has 0 aliphatic rings. The smallest absolute Gasteiger partial charge is 0.220 e. The van der Waals surface area contributed by atoms with Gasteiger partial charge in [0.15, 0.2) is 0 Å². The molecule has 4 heteroatoms. The predicted molar refractivity (Wildman–Crippen MR) is 208 cm³/mol. The molecule has 0 aliphatic heterocycles. The molecule has 0 fully saturated rings. The van der Waals surface area contributed by atoms with Gasteiger partial charge in [-0.2, -0.15) is 0 Å². The van der Waals surface area contributed by atoms with E-state index in [0.717, 1.165) is 25.7 Å². The third kappa shape index (κ3) is 35.0. The number of unbranched alkanes of at least 4 members (excludes halogenated alkanes) is 31. The van der Waals surface area contributed by atoms with Gasteiger partial charge < -0.3 is 14.8 Å². The zero-order valence-electron chi connectivity index (χ0n) is 32.8. The van der Waals surface area contributed by atoms with Crippen molar-refractivity contribution in [1.29, 1.82) is 0 Å². The Balaban J connectivity index is 3.68. The Morgan fingerprint density at radius 2 is 0.745 bits per heavy atom. The highest BCUT2D eigenvalue weighted by atomic mass is 16.5. The maximum atomic E-state index is 12.7. The first kappa shape index (κ1) is 46.4. The molecule has 1 amide bonds. The third-order valence-electron chi connectivity index (χ3n) is 10.3. The molecular weight excluding hydrogens is 578 g/mol. The lowest BCUT2D eigenvalue weighted by atomic mass is 10.0. The number of hydrogen-bond acceptors (Lipinski definition) is 3. The summed E-state index contributed by atoms with van der Waals surface area (Å²) in [5.41, 5.74) is 0. The first-order valence-corrected chi connectivity index (χ1v) is 21.5. The van der Waals surface area contributed by atoms with E-state index in [-0.39, 0.29) is 18.1 Å². The van der Waals surface area contributed by atoms with E-state index in [1.807, 2.05) is 0 Å². The second-order valence-electron chi connectivity index (χ2n) is 14.9. The number of nitrogens with one attached hydrogen (secondary N) is 1. The minimum Gasteiger partial charge on any atom is -0.382 e. The fraction of sp³-hybridized carbons (Fsp3) is 0.977. The van der Waals surface area contributed by atoms with Gasteiger partial charge in [-0.1, -0.05) is 219 Å². The Morgan fingerprint density at radius 3 is 1.04 bits per heavy atom.